The summed E-state index contributed by atoms with van der Waals surface area (Å²) in [6.45, 7) is 13.4. The number of benzene rings is 1. The highest BCUT2D eigenvalue weighted by Crippen LogP contribution is 2.41. The molecule has 1 unspecified atom stereocenters. The van der Waals surface area contributed by atoms with Gasteiger partial charge in [0.2, 0.25) is 0 Å². The van der Waals surface area contributed by atoms with Gasteiger partial charge in [-0.3, -0.25) is 5.10 Å². The summed E-state index contributed by atoms with van der Waals surface area (Å²) in [7, 11) is -1.67. The maximum atomic E-state index is 6.66. The Morgan fingerprint density at radius 1 is 1.25 bits per heavy atom. The third-order valence-corrected chi connectivity index (χ3v) is 4.81. The van der Waals surface area contributed by atoms with Crippen molar-refractivity contribution in [3.05, 3.63) is 30.0 Å². The number of aromatic amines is 1. The van der Waals surface area contributed by atoms with E-state index in [1.807, 2.05) is 12.1 Å². The predicted octanol–water partition coefficient (Wildman–Crippen LogP) is 4.68. The molecule has 0 aliphatic carbocycles. The molecule has 0 spiro atoms. The molecule has 0 bridgehead atoms. The molecule has 0 aliphatic heterocycles. The van der Waals surface area contributed by atoms with Gasteiger partial charge in [-0.05, 0) is 38.0 Å². The fraction of sp³-hybridized carbons (Fsp3) is 0.562. The summed E-state index contributed by atoms with van der Waals surface area (Å²) in [5.41, 5.74) is 1.87. The van der Waals surface area contributed by atoms with Gasteiger partial charge < -0.3 is 4.43 Å². The topological polar surface area (TPSA) is 37.9 Å². The van der Waals surface area contributed by atoms with Crippen molar-refractivity contribution >= 4 is 19.2 Å². The molecule has 0 amide bonds. The van der Waals surface area contributed by atoms with E-state index in [1.165, 1.54) is 5.39 Å². The van der Waals surface area contributed by atoms with Crippen LogP contribution >= 0.6 is 0 Å². The number of hydrogen-bond donors (Lipinski definition) is 1. The summed E-state index contributed by atoms with van der Waals surface area (Å²) in [4.78, 5) is 0. The largest absolute Gasteiger partial charge is 0.406 e. The van der Waals surface area contributed by atoms with Crippen LogP contribution in [0.2, 0.25) is 19.6 Å². The van der Waals surface area contributed by atoms with Crippen LogP contribution in [-0.4, -0.2) is 18.5 Å². The van der Waals surface area contributed by atoms with Gasteiger partial charge in [-0.15, -0.1) is 0 Å². The number of aromatic nitrogens is 2. The Balaban J connectivity index is 2.62. The fourth-order valence-corrected chi connectivity index (χ4v) is 4.52. The van der Waals surface area contributed by atoms with Crippen molar-refractivity contribution in [2.45, 2.75) is 52.4 Å². The molecule has 1 aromatic heterocycles. The molecule has 0 aliphatic rings. The van der Waals surface area contributed by atoms with Gasteiger partial charge in [0.1, 0.15) is 5.60 Å². The summed E-state index contributed by atoms with van der Waals surface area (Å²) in [6, 6.07) is 8.27. The lowest BCUT2D eigenvalue weighted by Crippen LogP contribution is -2.44. The van der Waals surface area contributed by atoms with Crippen LogP contribution in [0.5, 0.6) is 0 Å². The first-order valence-corrected chi connectivity index (χ1v) is 10.8. The van der Waals surface area contributed by atoms with Crippen LogP contribution in [0.25, 0.3) is 10.9 Å². The van der Waals surface area contributed by atoms with Crippen LogP contribution in [0.3, 0.4) is 0 Å². The molecule has 0 fully saturated rings. The minimum Gasteiger partial charge on any atom is -0.406 e. The number of H-pyrrole nitrogens is 1. The molecular formula is C16H26N2OSi. The molecule has 0 saturated heterocycles. The van der Waals surface area contributed by atoms with Crippen molar-refractivity contribution in [2.24, 2.45) is 5.92 Å². The van der Waals surface area contributed by atoms with Gasteiger partial charge in [0.05, 0.1) is 11.2 Å². The highest BCUT2D eigenvalue weighted by Gasteiger charge is 2.41. The number of para-hydroxylation sites is 1. The van der Waals surface area contributed by atoms with E-state index in [0.29, 0.717) is 5.92 Å². The first kappa shape index (κ1) is 15.3. The van der Waals surface area contributed by atoms with Gasteiger partial charge in [-0.2, -0.15) is 5.10 Å². The standard InChI is InChI=1S/C16H26N2OSi/c1-7-16(12(2)3,19-20(4,5)6)15-13-10-8-9-11-14(13)17-18-15/h8-12H,7H2,1-6H3,(H,17,18). The molecule has 1 N–H and O–H groups in total. The second kappa shape index (κ2) is 5.33. The Hall–Kier alpha value is -1.13. The monoisotopic (exact) mass is 290 g/mol. The smallest absolute Gasteiger partial charge is 0.185 e. The Bertz CT molecular complexity index is 585. The molecule has 0 radical (unpaired) electrons. The van der Waals surface area contributed by atoms with Crippen LogP contribution in [0.15, 0.2) is 24.3 Å². The molecular weight excluding hydrogens is 264 g/mol. The predicted molar refractivity (Wildman–Crippen MR) is 87.3 cm³/mol. The molecule has 1 atom stereocenters. The lowest BCUT2D eigenvalue weighted by Gasteiger charge is -2.41. The first-order valence-electron chi connectivity index (χ1n) is 7.44. The molecule has 2 aromatic rings. The fourth-order valence-electron chi connectivity index (χ4n) is 2.94. The molecule has 1 aromatic carbocycles. The van der Waals surface area contributed by atoms with Crippen LogP contribution in [-0.2, 0) is 10.0 Å². The lowest BCUT2D eigenvalue weighted by atomic mass is 9.83. The third-order valence-electron chi connectivity index (χ3n) is 3.83. The lowest BCUT2D eigenvalue weighted by molar-refractivity contribution is 0.00267. The molecule has 110 valence electrons. The maximum absolute atomic E-state index is 6.66. The zero-order valence-corrected chi connectivity index (χ0v) is 14.4. The third kappa shape index (κ3) is 2.67. The van der Waals surface area contributed by atoms with E-state index in [2.05, 4.69) is 62.7 Å². The van der Waals surface area contributed by atoms with Gasteiger partial charge in [0.25, 0.3) is 0 Å². The molecule has 2 rings (SSSR count). The first-order chi connectivity index (χ1) is 9.30. The van der Waals surface area contributed by atoms with Crippen molar-refractivity contribution in [1.82, 2.24) is 10.2 Å². The maximum Gasteiger partial charge on any atom is 0.185 e. The van der Waals surface area contributed by atoms with Crippen molar-refractivity contribution in [1.29, 1.82) is 0 Å². The van der Waals surface area contributed by atoms with E-state index >= 15 is 0 Å². The minimum absolute atomic E-state index is 0.277. The van der Waals surface area contributed by atoms with Crippen LogP contribution < -0.4 is 0 Å². The molecule has 1 heterocycles. The summed E-state index contributed by atoms with van der Waals surface area (Å²) in [6.07, 6.45) is 0.946. The van der Waals surface area contributed by atoms with E-state index in [0.717, 1.165) is 17.6 Å². The quantitative estimate of drug-likeness (QED) is 0.812. The Morgan fingerprint density at radius 2 is 1.90 bits per heavy atom. The van der Waals surface area contributed by atoms with Crippen LogP contribution in [0.1, 0.15) is 32.9 Å². The van der Waals surface area contributed by atoms with Gasteiger partial charge in [0, 0.05) is 5.39 Å². The minimum atomic E-state index is -1.67. The summed E-state index contributed by atoms with van der Waals surface area (Å²) in [5.74, 6) is 0.392. The number of fused-ring (bicyclic) bond motifs is 1. The van der Waals surface area contributed by atoms with Crippen molar-refractivity contribution in [3.8, 4) is 0 Å². The van der Waals surface area contributed by atoms with E-state index in [1.54, 1.807) is 0 Å². The second-order valence-corrected chi connectivity index (χ2v) is 11.2. The number of nitrogens with one attached hydrogen (secondary N) is 1. The summed E-state index contributed by atoms with van der Waals surface area (Å²) >= 11 is 0. The molecule has 20 heavy (non-hydrogen) atoms. The van der Waals surface area contributed by atoms with Crippen molar-refractivity contribution < 1.29 is 4.43 Å². The Labute approximate surface area is 122 Å². The van der Waals surface area contributed by atoms with E-state index < -0.39 is 8.32 Å². The summed E-state index contributed by atoms with van der Waals surface area (Å²) < 4.78 is 6.66. The van der Waals surface area contributed by atoms with Gasteiger partial charge in [-0.1, -0.05) is 39.0 Å². The normalized spacial score (nSPS) is 15.8. The summed E-state index contributed by atoms with van der Waals surface area (Å²) in [5, 5.41) is 8.89. The zero-order valence-electron chi connectivity index (χ0n) is 13.4. The van der Waals surface area contributed by atoms with Gasteiger partial charge >= 0.3 is 0 Å². The molecule has 4 heteroatoms. The van der Waals surface area contributed by atoms with Crippen molar-refractivity contribution in [3.63, 3.8) is 0 Å². The van der Waals surface area contributed by atoms with Gasteiger partial charge in [-0.25, -0.2) is 0 Å². The Morgan fingerprint density at radius 3 is 2.45 bits per heavy atom. The number of hydrogen-bond acceptors (Lipinski definition) is 2. The van der Waals surface area contributed by atoms with Crippen LogP contribution in [0.4, 0.5) is 0 Å². The van der Waals surface area contributed by atoms with Gasteiger partial charge in [0.15, 0.2) is 8.32 Å². The average molecular weight is 290 g/mol. The highest BCUT2D eigenvalue weighted by atomic mass is 28.4. The SMILES string of the molecule is CCC(O[Si](C)(C)C)(c1[nH]nc2ccccc12)C(C)C. The van der Waals surface area contributed by atoms with Crippen molar-refractivity contribution in [2.75, 3.05) is 0 Å². The molecule has 0 saturated carbocycles. The highest BCUT2D eigenvalue weighted by molar-refractivity contribution is 6.69. The second-order valence-electron chi connectivity index (χ2n) is 6.73. The van der Waals surface area contributed by atoms with E-state index in [-0.39, 0.29) is 5.60 Å². The van der Waals surface area contributed by atoms with E-state index in [9.17, 15) is 0 Å². The average Bonchev–Trinajstić information content (AvgIpc) is 2.78. The number of rotatable bonds is 5. The van der Waals surface area contributed by atoms with E-state index in [4.69, 9.17) is 4.43 Å². The Kier molecular flexibility index (Phi) is 4.07. The zero-order chi connectivity index (χ0) is 15.0. The number of nitrogens with zero attached hydrogens (tertiary/aromatic N) is 1. The molecule has 3 nitrogen and oxygen atoms in total. The van der Waals surface area contributed by atoms with Crippen LogP contribution in [0, 0.1) is 5.92 Å².